The number of benzene rings is 1. The number of nitrogens with one attached hydrogen (secondary N) is 1. The normalized spacial score (nSPS) is 36.7. The summed E-state index contributed by atoms with van der Waals surface area (Å²) in [4.78, 5) is 40.1. The Labute approximate surface area is 169 Å². The fraction of sp³-hybridized carbons (Fsp3) is 0.591. The Bertz CT molecular complexity index is 788. The van der Waals surface area contributed by atoms with Crippen LogP contribution in [0.3, 0.4) is 0 Å². The van der Waals surface area contributed by atoms with Crippen LogP contribution in [0.15, 0.2) is 24.3 Å². The van der Waals surface area contributed by atoms with Crippen LogP contribution in [0.1, 0.15) is 44.9 Å². The van der Waals surface area contributed by atoms with Gasteiger partial charge in [-0.15, -0.1) is 0 Å². The maximum absolute atomic E-state index is 13.0. The van der Waals surface area contributed by atoms with Gasteiger partial charge < -0.3 is 5.32 Å². The molecule has 0 unspecified atom stereocenters. The van der Waals surface area contributed by atoms with Crippen LogP contribution < -0.4 is 5.32 Å². The van der Waals surface area contributed by atoms with Crippen molar-refractivity contribution in [1.29, 1.82) is 0 Å². The molecule has 3 aliphatic carbocycles. The van der Waals surface area contributed by atoms with Crippen molar-refractivity contribution in [3.05, 3.63) is 29.3 Å². The molecule has 0 spiro atoms. The highest BCUT2D eigenvalue weighted by Crippen LogP contribution is 2.56. The Morgan fingerprint density at radius 2 is 1.46 bits per heavy atom. The smallest absolute Gasteiger partial charge is 0.233 e. The number of rotatable bonds is 3. The Balaban J connectivity index is 1.20. The SMILES string of the molecule is O=C(Nc1ccc(Cl)cc1)C1CCC(N2C(=O)[C@@H]3[C@H]4CC[C@@H](C4)[C@H]3C2=O)CC1. The number of fused-ring (bicyclic) bond motifs is 5. The lowest BCUT2D eigenvalue weighted by atomic mass is 9.81. The van der Waals surface area contributed by atoms with Crippen molar-refractivity contribution in [2.75, 3.05) is 5.32 Å². The summed E-state index contributed by atoms with van der Waals surface area (Å²) in [6.07, 6.45) is 6.16. The first kappa shape index (κ1) is 18.2. The summed E-state index contributed by atoms with van der Waals surface area (Å²) in [6.45, 7) is 0. The van der Waals surface area contributed by atoms with Gasteiger partial charge in [0.25, 0.3) is 0 Å². The molecule has 4 fully saturated rings. The molecule has 148 valence electrons. The second-order valence-corrected chi connectivity index (χ2v) is 9.37. The van der Waals surface area contributed by atoms with E-state index in [1.54, 1.807) is 29.2 Å². The Kier molecular flexibility index (Phi) is 4.46. The van der Waals surface area contributed by atoms with E-state index >= 15 is 0 Å². The van der Waals surface area contributed by atoms with Gasteiger partial charge in [-0.05, 0) is 81.0 Å². The highest BCUT2D eigenvalue weighted by molar-refractivity contribution is 6.30. The van der Waals surface area contributed by atoms with Gasteiger partial charge in [0.15, 0.2) is 0 Å². The molecule has 6 heteroatoms. The molecule has 1 aromatic carbocycles. The summed E-state index contributed by atoms with van der Waals surface area (Å²) in [6, 6.07) is 7.07. The van der Waals surface area contributed by atoms with E-state index in [1.165, 1.54) is 0 Å². The molecule has 4 atom stereocenters. The zero-order valence-corrected chi connectivity index (χ0v) is 16.5. The fourth-order valence-electron chi connectivity index (χ4n) is 6.17. The molecule has 1 N–H and O–H groups in total. The zero-order chi connectivity index (χ0) is 19.4. The van der Waals surface area contributed by atoms with Gasteiger partial charge in [-0.25, -0.2) is 0 Å². The molecule has 4 aliphatic rings. The predicted molar refractivity (Wildman–Crippen MR) is 105 cm³/mol. The number of carbonyl (C=O) groups is 3. The summed E-state index contributed by atoms with van der Waals surface area (Å²) >= 11 is 5.88. The first-order valence-electron chi connectivity index (χ1n) is 10.5. The number of imide groups is 1. The molecule has 1 heterocycles. The summed E-state index contributed by atoms with van der Waals surface area (Å²) < 4.78 is 0. The molecular weight excluding hydrogens is 376 g/mol. The third-order valence-corrected chi connectivity index (χ3v) is 7.76. The van der Waals surface area contributed by atoms with Gasteiger partial charge in [-0.1, -0.05) is 11.6 Å². The van der Waals surface area contributed by atoms with Crippen LogP contribution in [-0.2, 0) is 14.4 Å². The summed E-state index contributed by atoms with van der Waals surface area (Å²) in [5.41, 5.74) is 0.740. The van der Waals surface area contributed by atoms with Crippen molar-refractivity contribution >= 4 is 35.0 Å². The Morgan fingerprint density at radius 3 is 2.04 bits per heavy atom. The first-order chi connectivity index (χ1) is 13.5. The van der Waals surface area contributed by atoms with Crippen molar-refractivity contribution in [3.8, 4) is 0 Å². The minimum absolute atomic E-state index is 0.00904. The monoisotopic (exact) mass is 400 g/mol. The van der Waals surface area contributed by atoms with Gasteiger partial charge in [-0.3, -0.25) is 19.3 Å². The molecular formula is C22H25ClN2O3. The molecule has 0 radical (unpaired) electrons. The van der Waals surface area contributed by atoms with E-state index in [4.69, 9.17) is 11.6 Å². The van der Waals surface area contributed by atoms with Gasteiger partial charge in [0.1, 0.15) is 0 Å². The van der Waals surface area contributed by atoms with E-state index in [9.17, 15) is 14.4 Å². The minimum Gasteiger partial charge on any atom is -0.326 e. The van der Waals surface area contributed by atoms with Crippen molar-refractivity contribution in [2.45, 2.75) is 51.0 Å². The summed E-state index contributed by atoms with van der Waals surface area (Å²) in [5.74, 6) is 0.864. The minimum atomic E-state index is -0.0737. The second kappa shape index (κ2) is 6.87. The fourth-order valence-corrected chi connectivity index (χ4v) is 6.29. The van der Waals surface area contributed by atoms with E-state index in [0.29, 0.717) is 29.7 Å². The Hall–Kier alpha value is -1.88. The number of amides is 3. The molecule has 1 aromatic rings. The molecule has 2 bridgehead atoms. The van der Waals surface area contributed by atoms with Gasteiger partial charge in [0.05, 0.1) is 11.8 Å². The lowest BCUT2D eigenvalue weighted by molar-refractivity contribution is -0.144. The number of halogens is 1. The number of anilines is 1. The lowest BCUT2D eigenvalue weighted by Gasteiger charge is -2.33. The van der Waals surface area contributed by atoms with E-state index in [1.807, 2.05) is 0 Å². The zero-order valence-electron chi connectivity index (χ0n) is 15.8. The second-order valence-electron chi connectivity index (χ2n) is 8.93. The maximum Gasteiger partial charge on any atom is 0.233 e. The number of nitrogens with zero attached hydrogens (tertiary/aromatic N) is 1. The van der Waals surface area contributed by atoms with Crippen LogP contribution in [0.2, 0.25) is 5.02 Å². The Morgan fingerprint density at radius 1 is 0.893 bits per heavy atom. The average molecular weight is 401 g/mol. The highest BCUT2D eigenvalue weighted by Gasteiger charge is 2.61. The molecule has 1 aliphatic heterocycles. The lowest BCUT2D eigenvalue weighted by Crippen LogP contribution is -2.44. The molecule has 0 aromatic heterocycles. The topological polar surface area (TPSA) is 66.5 Å². The quantitative estimate of drug-likeness (QED) is 0.783. The number of hydrogen-bond acceptors (Lipinski definition) is 3. The van der Waals surface area contributed by atoms with E-state index in [2.05, 4.69) is 5.32 Å². The van der Waals surface area contributed by atoms with Gasteiger partial charge in [-0.2, -0.15) is 0 Å². The molecule has 1 saturated heterocycles. The van der Waals surface area contributed by atoms with Crippen LogP contribution in [0, 0.1) is 29.6 Å². The van der Waals surface area contributed by atoms with Crippen molar-refractivity contribution in [2.24, 2.45) is 29.6 Å². The van der Waals surface area contributed by atoms with Crippen LogP contribution in [-0.4, -0.2) is 28.7 Å². The molecule has 3 amide bonds. The molecule has 5 nitrogen and oxygen atoms in total. The number of likely N-dealkylation sites (tertiary alicyclic amines) is 1. The van der Waals surface area contributed by atoms with Crippen LogP contribution >= 0.6 is 11.6 Å². The van der Waals surface area contributed by atoms with Crippen molar-refractivity contribution in [1.82, 2.24) is 4.90 Å². The van der Waals surface area contributed by atoms with E-state index in [-0.39, 0.29) is 41.5 Å². The van der Waals surface area contributed by atoms with Gasteiger partial charge >= 0.3 is 0 Å². The van der Waals surface area contributed by atoms with Crippen LogP contribution in [0.4, 0.5) is 5.69 Å². The van der Waals surface area contributed by atoms with Crippen LogP contribution in [0.5, 0.6) is 0 Å². The summed E-state index contributed by atoms with van der Waals surface area (Å²) in [5, 5.41) is 3.58. The van der Waals surface area contributed by atoms with Crippen molar-refractivity contribution < 1.29 is 14.4 Å². The van der Waals surface area contributed by atoms with Crippen LogP contribution in [0.25, 0.3) is 0 Å². The highest BCUT2D eigenvalue weighted by atomic mass is 35.5. The third kappa shape index (κ3) is 2.86. The number of carbonyl (C=O) groups excluding carboxylic acids is 3. The largest absolute Gasteiger partial charge is 0.326 e. The average Bonchev–Trinajstić information content (AvgIpc) is 3.38. The van der Waals surface area contributed by atoms with E-state index < -0.39 is 0 Å². The maximum atomic E-state index is 13.0. The standard InChI is InChI=1S/C22H25ClN2O3/c23-15-5-7-16(8-6-15)24-20(26)12-3-9-17(10-4-12)25-21(27)18-13-1-2-14(11-13)19(18)22(25)28/h5-8,12-14,17-19H,1-4,9-11H2,(H,24,26)/t12?,13-,14-,17?,18+,19+/m0/s1. The van der Waals surface area contributed by atoms with Gasteiger partial charge in [0, 0.05) is 22.7 Å². The first-order valence-corrected chi connectivity index (χ1v) is 10.8. The van der Waals surface area contributed by atoms with E-state index in [0.717, 1.165) is 37.8 Å². The number of hydrogen-bond donors (Lipinski definition) is 1. The predicted octanol–water partition coefficient (Wildman–Crippen LogP) is 3.87. The third-order valence-electron chi connectivity index (χ3n) is 7.51. The molecule has 3 saturated carbocycles. The summed E-state index contributed by atoms with van der Waals surface area (Å²) in [7, 11) is 0. The molecule has 5 rings (SSSR count). The molecule has 28 heavy (non-hydrogen) atoms. The van der Waals surface area contributed by atoms with Gasteiger partial charge in [0.2, 0.25) is 17.7 Å². The van der Waals surface area contributed by atoms with Crippen molar-refractivity contribution in [3.63, 3.8) is 0 Å².